The van der Waals surface area contributed by atoms with Crippen LogP contribution in [0.25, 0.3) is 0 Å². The molecular weight excluding hydrogens is 219 g/mol. The Morgan fingerprint density at radius 3 is 1.83 bits per heavy atom. The van der Waals surface area contributed by atoms with Crippen LogP contribution in [-0.4, -0.2) is 18.6 Å². The van der Waals surface area contributed by atoms with Crippen molar-refractivity contribution in [2.75, 3.05) is 0 Å². The summed E-state index contributed by atoms with van der Waals surface area (Å²) < 4.78 is 0. The fourth-order valence-electron chi connectivity index (χ4n) is 1.92. The van der Waals surface area contributed by atoms with Gasteiger partial charge in [-0.2, -0.15) is 0 Å². The standard InChI is InChI=1S/C9H18O.C7H7B/c1-8(2,7-5-6-7)9(3,4)10;8-6-7-4-2-1-3-5-7/h7,10H,5-6H2,1-4H3;1-5H,6H2. The number of rotatable bonds is 3. The van der Waals surface area contributed by atoms with Crippen molar-refractivity contribution in [3.63, 3.8) is 0 Å². The molecule has 1 aromatic carbocycles. The number of aliphatic hydroxyl groups is 1. The molecule has 0 bridgehead atoms. The summed E-state index contributed by atoms with van der Waals surface area (Å²) in [6.45, 7) is 8.13. The lowest BCUT2D eigenvalue weighted by molar-refractivity contribution is -0.0475. The molecule has 1 aliphatic rings. The van der Waals surface area contributed by atoms with Gasteiger partial charge in [0.2, 0.25) is 0 Å². The molecule has 0 spiro atoms. The van der Waals surface area contributed by atoms with Crippen molar-refractivity contribution in [3.05, 3.63) is 35.9 Å². The van der Waals surface area contributed by atoms with Crippen molar-refractivity contribution in [2.24, 2.45) is 11.3 Å². The summed E-state index contributed by atoms with van der Waals surface area (Å²) in [6.07, 6.45) is 3.24. The van der Waals surface area contributed by atoms with Gasteiger partial charge in [0.15, 0.2) is 0 Å². The lowest BCUT2D eigenvalue weighted by Crippen LogP contribution is -2.40. The summed E-state index contributed by atoms with van der Waals surface area (Å²) in [4.78, 5) is 0. The van der Waals surface area contributed by atoms with E-state index in [0.717, 1.165) is 5.92 Å². The molecule has 1 fully saturated rings. The van der Waals surface area contributed by atoms with Gasteiger partial charge >= 0.3 is 0 Å². The van der Waals surface area contributed by atoms with Crippen LogP contribution in [0.5, 0.6) is 0 Å². The van der Waals surface area contributed by atoms with E-state index in [9.17, 15) is 5.11 Å². The molecule has 1 aromatic rings. The fraction of sp³-hybridized carbons (Fsp3) is 0.625. The Labute approximate surface area is 113 Å². The zero-order chi connectivity index (χ0) is 13.8. The molecule has 1 aliphatic carbocycles. The van der Waals surface area contributed by atoms with E-state index in [1.807, 2.05) is 44.2 Å². The predicted molar refractivity (Wildman–Crippen MR) is 78.7 cm³/mol. The Bertz CT molecular complexity index is 347. The van der Waals surface area contributed by atoms with Crippen LogP contribution in [0.1, 0.15) is 46.1 Å². The molecular formula is C16H25BO. The highest BCUT2D eigenvalue weighted by Gasteiger charge is 2.46. The van der Waals surface area contributed by atoms with Gasteiger partial charge in [0, 0.05) is 0 Å². The monoisotopic (exact) mass is 244 g/mol. The van der Waals surface area contributed by atoms with E-state index < -0.39 is 5.60 Å². The van der Waals surface area contributed by atoms with Crippen molar-refractivity contribution in [3.8, 4) is 0 Å². The first-order chi connectivity index (χ1) is 8.29. The third-order valence-corrected chi connectivity index (χ3v) is 4.25. The lowest BCUT2D eigenvalue weighted by Gasteiger charge is -2.37. The van der Waals surface area contributed by atoms with E-state index in [4.69, 9.17) is 7.85 Å². The molecule has 0 unspecified atom stereocenters. The van der Waals surface area contributed by atoms with Crippen LogP contribution in [0.4, 0.5) is 0 Å². The highest BCUT2D eigenvalue weighted by atomic mass is 16.3. The maximum atomic E-state index is 9.76. The van der Waals surface area contributed by atoms with Gasteiger partial charge in [-0.3, -0.25) is 0 Å². The summed E-state index contributed by atoms with van der Waals surface area (Å²) in [6, 6.07) is 9.99. The van der Waals surface area contributed by atoms with Crippen LogP contribution in [-0.2, 0) is 6.32 Å². The molecule has 2 radical (unpaired) electrons. The molecule has 0 saturated heterocycles. The van der Waals surface area contributed by atoms with Gasteiger partial charge in [-0.05, 0) is 38.0 Å². The van der Waals surface area contributed by atoms with Crippen LogP contribution in [0.2, 0.25) is 0 Å². The largest absolute Gasteiger partial charge is 0.390 e. The van der Waals surface area contributed by atoms with Crippen LogP contribution in [0.3, 0.4) is 0 Å². The molecule has 0 heterocycles. The Hall–Kier alpha value is -0.755. The lowest BCUT2D eigenvalue weighted by atomic mass is 9.73. The first kappa shape index (κ1) is 15.3. The Morgan fingerprint density at radius 1 is 1.11 bits per heavy atom. The molecule has 1 saturated carbocycles. The van der Waals surface area contributed by atoms with Gasteiger partial charge in [0.05, 0.1) is 13.4 Å². The molecule has 0 aliphatic heterocycles. The topological polar surface area (TPSA) is 20.2 Å². The Kier molecular flexibility index (Phi) is 5.04. The average molecular weight is 244 g/mol. The molecule has 2 rings (SSSR count). The van der Waals surface area contributed by atoms with E-state index in [1.165, 1.54) is 18.4 Å². The molecule has 1 N–H and O–H groups in total. The smallest absolute Gasteiger partial charge is 0.0716 e. The molecule has 0 atom stereocenters. The minimum absolute atomic E-state index is 0.104. The van der Waals surface area contributed by atoms with E-state index in [2.05, 4.69) is 13.8 Å². The summed E-state index contributed by atoms with van der Waals surface area (Å²) in [5.41, 5.74) is 0.772. The molecule has 2 heteroatoms. The number of hydrogen-bond donors (Lipinski definition) is 1. The minimum atomic E-state index is -0.520. The van der Waals surface area contributed by atoms with Crippen molar-refractivity contribution in [1.82, 2.24) is 0 Å². The number of benzene rings is 1. The van der Waals surface area contributed by atoms with Gasteiger partial charge in [-0.25, -0.2) is 0 Å². The molecule has 1 nitrogen and oxygen atoms in total. The normalized spacial score (nSPS) is 15.8. The van der Waals surface area contributed by atoms with Gasteiger partial charge in [-0.15, -0.1) is 0 Å². The third-order valence-electron chi connectivity index (χ3n) is 4.25. The SMILES string of the molecule is CC(C)(O)C(C)(C)C1CC1.[B]Cc1ccccc1. The van der Waals surface area contributed by atoms with Crippen molar-refractivity contribution in [1.29, 1.82) is 0 Å². The second kappa shape index (κ2) is 5.92. The van der Waals surface area contributed by atoms with Crippen LogP contribution in [0, 0.1) is 11.3 Å². The van der Waals surface area contributed by atoms with E-state index in [1.54, 1.807) is 0 Å². The van der Waals surface area contributed by atoms with Crippen molar-refractivity contribution < 1.29 is 5.11 Å². The zero-order valence-corrected chi connectivity index (χ0v) is 12.1. The van der Waals surface area contributed by atoms with Crippen molar-refractivity contribution >= 4 is 7.85 Å². The first-order valence-electron chi connectivity index (χ1n) is 6.75. The predicted octanol–water partition coefficient (Wildman–Crippen LogP) is 3.55. The quantitative estimate of drug-likeness (QED) is 0.806. The summed E-state index contributed by atoms with van der Waals surface area (Å²) >= 11 is 0. The maximum Gasteiger partial charge on any atom is 0.0716 e. The van der Waals surface area contributed by atoms with Crippen molar-refractivity contribution in [2.45, 2.75) is 52.5 Å². The van der Waals surface area contributed by atoms with Gasteiger partial charge in [0.25, 0.3) is 0 Å². The highest BCUT2D eigenvalue weighted by molar-refractivity contribution is 6.08. The maximum absolute atomic E-state index is 9.76. The average Bonchev–Trinajstić information content (AvgIpc) is 3.13. The van der Waals surface area contributed by atoms with E-state index in [-0.39, 0.29) is 5.41 Å². The molecule has 18 heavy (non-hydrogen) atoms. The van der Waals surface area contributed by atoms with E-state index >= 15 is 0 Å². The minimum Gasteiger partial charge on any atom is -0.390 e. The van der Waals surface area contributed by atoms with Gasteiger partial charge < -0.3 is 5.11 Å². The van der Waals surface area contributed by atoms with E-state index in [0.29, 0.717) is 6.32 Å². The highest BCUT2D eigenvalue weighted by Crippen LogP contribution is 2.50. The first-order valence-corrected chi connectivity index (χ1v) is 6.75. The molecule has 0 amide bonds. The Balaban J connectivity index is 0.000000184. The molecule has 0 aromatic heterocycles. The third kappa shape index (κ3) is 4.17. The summed E-state index contributed by atoms with van der Waals surface area (Å²) in [5, 5.41) is 9.76. The summed E-state index contributed by atoms with van der Waals surface area (Å²) in [7, 11) is 5.35. The molecule has 98 valence electrons. The Morgan fingerprint density at radius 2 is 1.61 bits per heavy atom. The van der Waals surface area contributed by atoms with Gasteiger partial charge in [-0.1, -0.05) is 56.1 Å². The second-order valence-corrected chi connectivity index (χ2v) is 6.24. The van der Waals surface area contributed by atoms with Gasteiger partial charge in [0.1, 0.15) is 0 Å². The summed E-state index contributed by atoms with van der Waals surface area (Å²) in [5.74, 6) is 0.757. The fourth-order valence-corrected chi connectivity index (χ4v) is 1.92. The van der Waals surface area contributed by atoms with Crippen LogP contribution >= 0.6 is 0 Å². The zero-order valence-electron chi connectivity index (χ0n) is 12.1. The van der Waals surface area contributed by atoms with Crippen LogP contribution in [0.15, 0.2) is 30.3 Å². The second-order valence-electron chi connectivity index (χ2n) is 6.24. The number of hydrogen-bond acceptors (Lipinski definition) is 1. The van der Waals surface area contributed by atoms with Crippen LogP contribution < -0.4 is 0 Å².